The number of rotatable bonds is 5. The summed E-state index contributed by atoms with van der Waals surface area (Å²) < 4.78 is 13.4. The third-order valence-electron chi connectivity index (χ3n) is 5.79. The van der Waals surface area contributed by atoms with Crippen LogP contribution in [0.15, 0.2) is 24.3 Å². The summed E-state index contributed by atoms with van der Waals surface area (Å²) in [5, 5.41) is 0. The van der Waals surface area contributed by atoms with Gasteiger partial charge in [-0.3, -0.25) is 14.6 Å². The molecule has 0 aliphatic carbocycles. The molecule has 0 aromatic heterocycles. The zero-order valence-corrected chi connectivity index (χ0v) is 16.0. The van der Waals surface area contributed by atoms with Crippen LogP contribution in [0, 0.1) is 5.82 Å². The number of carbonyl (C=O) groups is 1. The van der Waals surface area contributed by atoms with Crippen molar-refractivity contribution in [1.82, 2.24) is 14.7 Å². The molecule has 0 saturated carbocycles. The Bertz CT molecular complexity index is 595. The first-order chi connectivity index (χ1) is 12.6. The van der Waals surface area contributed by atoms with Gasteiger partial charge < -0.3 is 9.80 Å². The molecule has 2 aliphatic heterocycles. The van der Waals surface area contributed by atoms with Crippen molar-refractivity contribution in [2.75, 3.05) is 63.8 Å². The predicted octanol–water partition coefficient (Wildman–Crippen LogP) is 1.89. The Balaban J connectivity index is 1.42. The van der Waals surface area contributed by atoms with E-state index in [1.807, 2.05) is 11.0 Å². The molecule has 0 spiro atoms. The maximum atomic E-state index is 13.4. The molecule has 1 atom stereocenters. The molecule has 2 fully saturated rings. The lowest BCUT2D eigenvalue weighted by Gasteiger charge is -2.40. The van der Waals surface area contributed by atoms with Crippen LogP contribution >= 0.6 is 0 Å². The number of hydrogen-bond donors (Lipinski definition) is 0. The molecule has 2 saturated heterocycles. The largest absolute Gasteiger partial charge is 0.369 e. The summed E-state index contributed by atoms with van der Waals surface area (Å²) in [5.41, 5.74) is 0.928. The highest BCUT2D eigenvalue weighted by Crippen LogP contribution is 2.17. The first-order valence-electron chi connectivity index (χ1n) is 9.81. The van der Waals surface area contributed by atoms with E-state index >= 15 is 0 Å². The molecule has 2 aliphatic rings. The molecule has 1 aromatic carbocycles. The summed E-state index contributed by atoms with van der Waals surface area (Å²) >= 11 is 0. The molecule has 1 aromatic rings. The van der Waals surface area contributed by atoms with E-state index < -0.39 is 0 Å². The maximum Gasteiger partial charge on any atom is 0.236 e. The molecule has 6 heteroatoms. The molecule has 5 nitrogen and oxygen atoms in total. The quantitative estimate of drug-likeness (QED) is 0.800. The van der Waals surface area contributed by atoms with E-state index in [0.29, 0.717) is 12.6 Å². The van der Waals surface area contributed by atoms with Crippen molar-refractivity contribution in [2.45, 2.75) is 26.3 Å². The van der Waals surface area contributed by atoms with Crippen molar-refractivity contribution in [2.24, 2.45) is 0 Å². The minimum atomic E-state index is -0.198. The van der Waals surface area contributed by atoms with Crippen LogP contribution in [0.25, 0.3) is 0 Å². The number of benzene rings is 1. The highest BCUT2D eigenvalue weighted by atomic mass is 19.1. The standard InChI is InChI=1S/C20H31FN4O/c1-3-17(2)23-11-13-25(14-12-23)20(26)16-22-7-9-24(10-8-22)19-6-4-5-18(21)15-19/h4-6,15,17H,3,7-14,16H2,1-2H3. The lowest BCUT2D eigenvalue weighted by Crippen LogP contribution is -2.55. The fourth-order valence-electron chi connectivity index (χ4n) is 3.80. The lowest BCUT2D eigenvalue weighted by molar-refractivity contribution is -0.134. The van der Waals surface area contributed by atoms with Crippen molar-refractivity contribution >= 4 is 11.6 Å². The van der Waals surface area contributed by atoms with E-state index in [9.17, 15) is 9.18 Å². The van der Waals surface area contributed by atoms with Gasteiger partial charge in [0.15, 0.2) is 0 Å². The van der Waals surface area contributed by atoms with Gasteiger partial charge in [0.25, 0.3) is 0 Å². The van der Waals surface area contributed by atoms with Gasteiger partial charge in [0, 0.05) is 64.1 Å². The average molecular weight is 362 g/mol. The highest BCUT2D eigenvalue weighted by Gasteiger charge is 2.26. The summed E-state index contributed by atoms with van der Waals surface area (Å²) in [6.07, 6.45) is 1.16. The molecule has 1 amide bonds. The second-order valence-corrected chi connectivity index (χ2v) is 7.42. The number of amides is 1. The van der Waals surface area contributed by atoms with Crippen molar-refractivity contribution in [3.8, 4) is 0 Å². The van der Waals surface area contributed by atoms with Crippen LogP contribution in [0.5, 0.6) is 0 Å². The van der Waals surface area contributed by atoms with E-state index in [1.165, 1.54) is 6.07 Å². The summed E-state index contributed by atoms with van der Waals surface area (Å²) in [7, 11) is 0. The molecule has 3 rings (SSSR count). The SMILES string of the molecule is CCC(C)N1CCN(C(=O)CN2CCN(c3cccc(F)c3)CC2)CC1. The Morgan fingerprint density at radius 1 is 1.08 bits per heavy atom. The fourth-order valence-corrected chi connectivity index (χ4v) is 3.80. The Kier molecular flexibility index (Phi) is 6.48. The summed E-state index contributed by atoms with van der Waals surface area (Å²) in [6.45, 7) is 12.0. The molecule has 2 heterocycles. The minimum absolute atomic E-state index is 0.198. The monoisotopic (exact) mass is 362 g/mol. The number of carbonyl (C=O) groups excluding carboxylic acids is 1. The van der Waals surface area contributed by atoms with Gasteiger partial charge in [0.2, 0.25) is 5.91 Å². The third kappa shape index (κ3) is 4.74. The van der Waals surface area contributed by atoms with Gasteiger partial charge in [-0.05, 0) is 31.5 Å². The first-order valence-corrected chi connectivity index (χ1v) is 9.81. The van der Waals surface area contributed by atoms with Gasteiger partial charge in [0.05, 0.1) is 6.54 Å². The van der Waals surface area contributed by atoms with Crippen LogP contribution in [0.2, 0.25) is 0 Å². The zero-order valence-electron chi connectivity index (χ0n) is 16.0. The van der Waals surface area contributed by atoms with Gasteiger partial charge in [-0.25, -0.2) is 4.39 Å². The fraction of sp³-hybridized carbons (Fsp3) is 0.650. The highest BCUT2D eigenvalue weighted by molar-refractivity contribution is 5.78. The first kappa shape index (κ1) is 19.1. The van der Waals surface area contributed by atoms with E-state index in [2.05, 4.69) is 28.5 Å². The molecule has 26 heavy (non-hydrogen) atoms. The summed E-state index contributed by atoms with van der Waals surface area (Å²) in [4.78, 5) is 21.5. The van der Waals surface area contributed by atoms with Crippen LogP contribution in [0.1, 0.15) is 20.3 Å². The topological polar surface area (TPSA) is 30.0 Å². The molecule has 1 unspecified atom stereocenters. The minimum Gasteiger partial charge on any atom is -0.369 e. The van der Waals surface area contributed by atoms with E-state index in [1.54, 1.807) is 12.1 Å². The number of piperazine rings is 2. The number of anilines is 1. The van der Waals surface area contributed by atoms with Gasteiger partial charge in [-0.15, -0.1) is 0 Å². The Morgan fingerprint density at radius 3 is 2.38 bits per heavy atom. The van der Waals surface area contributed by atoms with Gasteiger partial charge in [0.1, 0.15) is 5.82 Å². The van der Waals surface area contributed by atoms with Crippen molar-refractivity contribution in [1.29, 1.82) is 0 Å². The molecular weight excluding hydrogens is 331 g/mol. The normalized spacial score (nSPS) is 21.0. The van der Waals surface area contributed by atoms with Gasteiger partial charge >= 0.3 is 0 Å². The Morgan fingerprint density at radius 2 is 1.77 bits per heavy atom. The molecular formula is C20H31FN4O. The van der Waals surface area contributed by atoms with Crippen LogP contribution in [0.3, 0.4) is 0 Å². The Labute approximate surface area is 156 Å². The van der Waals surface area contributed by atoms with Gasteiger partial charge in [-0.1, -0.05) is 13.0 Å². The van der Waals surface area contributed by atoms with E-state index in [-0.39, 0.29) is 11.7 Å². The second kappa shape index (κ2) is 8.82. The van der Waals surface area contributed by atoms with Crippen LogP contribution < -0.4 is 4.90 Å². The van der Waals surface area contributed by atoms with Crippen LogP contribution in [0.4, 0.5) is 10.1 Å². The number of hydrogen-bond acceptors (Lipinski definition) is 4. The maximum absolute atomic E-state index is 13.4. The molecule has 144 valence electrons. The van der Waals surface area contributed by atoms with Crippen molar-refractivity contribution in [3.05, 3.63) is 30.1 Å². The Hall–Kier alpha value is -1.66. The number of halogens is 1. The van der Waals surface area contributed by atoms with Gasteiger partial charge in [-0.2, -0.15) is 0 Å². The van der Waals surface area contributed by atoms with E-state index in [4.69, 9.17) is 0 Å². The zero-order chi connectivity index (χ0) is 18.5. The number of nitrogens with zero attached hydrogens (tertiary/aromatic N) is 4. The summed E-state index contributed by atoms with van der Waals surface area (Å²) in [5.74, 6) is 0.0460. The molecule has 0 radical (unpaired) electrons. The predicted molar refractivity (Wildman–Crippen MR) is 103 cm³/mol. The van der Waals surface area contributed by atoms with Crippen LogP contribution in [-0.4, -0.2) is 85.6 Å². The van der Waals surface area contributed by atoms with E-state index in [0.717, 1.165) is 64.5 Å². The second-order valence-electron chi connectivity index (χ2n) is 7.42. The van der Waals surface area contributed by atoms with Crippen LogP contribution in [-0.2, 0) is 4.79 Å². The lowest BCUT2D eigenvalue weighted by atomic mass is 10.2. The molecule has 0 N–H and O–H groups in total. The smallest absolute Gasteiger partial charge is 0.236 e. The summed E-state index contributed by atoms with van der Waals surface area (Å²) in [6, 6.07) is 7.35. The third-order valence-corrected chi connectivity index (χ3v) is 5.79. The van der Waals surface area contributed by atoms with Crippen molar-refractivity contribution < 1.29 is 9.18 Å². The molecule has 0 bridgehead atoms. The van der Waals surface area contributed by atoms with Crippen molar-refractivity contribution in [3.63, 3.8) is 0 Å². The average Bonchev–Trinajstić information content (AvgIpc) is 2.68.